The molecule has 0 saturated heterocycles. The van der Waals surface area contributed by atoms with E-state index in [9.17, 15) is 4.79 Å². The van der Waals surface area contributed by atoms with Crippen molar-refractivity contribution >= 4 is 5.97 Å². The lowest BCUT2D eigenvalue weighted by molar-refractivity contribution is -0.146. The van der Waals surface area contributed by atoms with Crippen LogP contribution >= 0.6 is 0 Å². The van der Waals surface area contributed by atoms with Crippen LogP contribution in [-0.4, -0.2) is 13.1 Å². The minimum Gasteiger partial charge on any atom is -0.469 e. The summed E-state index contributed by atoms with van der Waals surface area (Å²) in [5.74, 6) is -0.311. The topological polar surface area (TPSA) is 61.3 Å². The molecule has 3 N–H and O–H groups in total. The molecule has 3 nitrogen and oxygen atoms in total. The van der Waals surface area contributed by atoms with E-state index in [1.807, 2.05) is 37.3 Å². The summed E-state index contributed by atoms with van der Waals surface area (Å²) in [6.45, 7) is 6.02. The van der Waals surface area contributed by atoms with Crippen LogP contribution in [0.5, 0.6) is 0 Å². The molecule has 0 bridgehead atoms. The second kappa shape index (κ2) is 5.66. The Morgan fingerprint density at radius 2 is 1.75 bits per heavy atom. The average molecular weight is 223 g/mol. The maximum Gasteiger partial charge on any atom is 0.309 e. The molecular formula is C13H21NO2. The number of hydrogen-bond donors (Lipinski definition) is 1. The van der Waals surface area contributed by atoms with Crippen LogP contribution in [0.4, 0.5) is 0 Å². The number of ether oxygens (including phenoxy) is 1. The van der Waals surface area contributed by atoms with Gasteiger partial charge in [0.25, 0.3) is 0 Å². The van der Waals surface area contributed by atoms with Gasteiger partial charge in [-0.05, 0) is 5.56 Å². The maximum absolute atomic E-state index is 11.5. The molecule has 0 aliphatic carbocycles. The summed E-state index contributed by atoms with van der Waals surface area (Å²) in [6.07, 6.45) is 0. The van der Waals surface area contributed by atoms with Crippen molar-refractivity contribution in [2.45, 2.75) is 26.2 Å². The molecule has 0 amide bonds. The summed E-state index contributed by atoms with van der Waals surface area (Å²) in [7, 11) is 1.43. The summed E-state index contributed by atoms with van der Waals surface area (Å²) >= 11 is 0. The molecule has 0 radical (unpaired) electrons. The Labute approximate surface area is 97.4 Å². The zero-order valence-corrected chi connectivity index (χ0v) is 10.5. The third kappa shape index (κ3) is 2.83. The highest BCUT2D eigenvalue weighted by atomic mass is 16.5. The summed E-state index contributed by atoms with van der Waals surface area (Å²) in [5.41, 5.74) is 0.955. The van der Waals surface area contributed by atoms with E-state index in [-0.39, 0.29) is 23.5 Å². The SMILES string of the molecule is COC(=O)C(C)C(C)(C)c1ccccc1.N. The molecule has 0 spiro atoms. The van der Waals surface area contributed by atoms with Gasteiger partial charge in [0.1, 0.15) is 0 Å². The summed E-state index contributed by atoms with van der Waals surface area (Å²) < 4.78 is 4.78. The minimum atomic E-state index is -0.200. The van der Waals surface area contributed by atoms with E-state index in [2.05, 4.69) is 13.8 Å². The third-order valence-electron chi connectivity index (χ3n) is 3.16. The van der Waals surface area contributed by atoms with Crippen LogP contribution in [-0.2, 0) is 14.9 Å². The Hall–Kier alpha value is -1.35. The molecule has 0 heterocycles. The van der Waals surface area contributed by atoms with Crippen molar-refractivity contribution in [1.82, 2.24) is 6.15 Å². The van der Waals surface area contributed by atoms with Crippen molar-refractivity contribution in [3.05, 3.63) is 35.9 Å². The Kier molecular flexibility index (Phi) is 5.18. The van der Waals surface area contributed by atoms with E-state index in [1.165, 1.54) is 7.11 Å². The molecule has 1 atom stereocenters. The van der Waals surface area contributed by atoms with Crippen LogP contribution in [0.15, 0.2) is 30.3 Å². The lowest BCUT2D eigenvalue weighted by Crippen LogP contribution is -2.33. The van der Waals surface area contributed by atoms with Gasteiger partial charge in [-0.1, -0.05) is 51.1 Å². The van der Waals surface area contributed by atoms with Crippen molar-refractivity contribution < 1.29 is 9.53 Å². The first-order chi connectivity index (χ1) is 7.00. The van der Waals surface area contributed by atoms with Gasteiger partial charge in [0.2, 0.25) is 0 Å². The fraction of sp³-hybridized carbons (Fsp3) is 0.462. The number of carbonyl (C=O) groups excluding carboxylic acids is 1. The predicted molar refractivity (Wildman–Crippen MR) is 65.7 cm³/mol. The van der Waals surface area contributed by atoms with Crippen molar-refractivity contribution in [2.75, 3.05) is 7.11 Å². The third-order valence-corrected chi connectivity index (χ3v) is 3.16. The van der Waals surface area contributed by atoms with Gasteiger partial charge in [-0.2, -0.15) is 0 Å². The zero-order valence-electron chi connectivity index (χ0n) is 10.5. The molecule has 1 rings (SSSR count). The number of esters is 1. The van der Waals surface area contributed by atoms with Crippen LogP contribution in [0.2, 0.25) is 0 Å². The van der Waals surface area contributed by atoms with Gasteiger partial charge in [0, 0.05) is 5.41 Å². The summed E-state index contributed by atoms with van der Waals surface area (Å²) in [4.78, 5) is 11.5. The minimum absolute atomic E-state index is 0. The van der Waals surface area contributed by atoms with Gasteiger partial charge >= 0.3 is 5.97 Å². The fourth-order valence-electron chi connectivity index (χ4n) is 1.59. The van der Waals surface area contributed by atoms with Crippen molar-refractivity contribution in [2.24, 2.45) is 5.92 Å². The molecule has 1 aromatic carbocycles. The lowest BCUT2D eigenvalue weighted by atomic mass is 9.74. The smallest absolute Gasteiger partial charge is 0.309 e. The molecule has 3 heteroatoms. The van der Waals surface area contributed by atoms with Crippen molar-refractivity contribution in [3.63, 3.8) is 0 Å². The molecule has 0 saturated carbocycles. The second-order valence-corrected chi connectivity index (χ2v) is 4.33. The Morgan fingerprint density at radius 3 is 2.19 bits per heavy atom. The molecule has 0 fully saturated rings. The molecule has 90 valence electrons. The Bertz CT molecular complexity index is 333. The number of benzene rings is 1. The number of carbonyl (C=O) groups is 1. The zero-order chi connectivity index (χ0) is 11.5. The first-order valence-corrected chi connectivity index (χ1v) is 5.13. The van der Waals surface area contributed by atoms with E-state index >= 15 is 0 Å². The molecule has 1 aromatic rings. The molecule has 16 heavy (non-hydrogen) atoms. The highest BCUT2D eigenvalue weighted by Gasteiger charge is 2.33. The van der Waals surface area contributed by atoms with Crippen molar-refractivity contribution in [1.29, 1.82) is 0 Å². The fourth-order valence-corrected chi connectivity index (χ4v) is 1.59. The van der Waals surface area contributed by atoms with Gasteiger partial charge in [0.15, 0.2) is 0 Å². The Balaban J connectivity index is 0.00000225. The van der Waals surface area contributed by atoms with Crippen LogP contribution in [0.3, 0.4) is 0 Å². The summed E-state index contributed by atoms with van der Waals surface area (Å²) in [5, 5.41) is 0. The van der Waals surface area contributed by atoms with E-state index < -0.39 is 0 Å². The first kappa shape index (κ1) is 14.6. The normalized spacial score (nSPS) is 12.5. The lowest BCUT2D eigenvalue weighted by Gasteiger charge is -2.30. The molecule has 0 aromatic heterocycles. The average Bonchev–Trinajstić information content (AvgIpc) is 2.28. The van der Waals surface area contributed by atoms with Crippen LogP contribution in [0, 0.1) is 5.92 Å². The maximum atomic E-state index is 11.5. The number of hydrogen-bond acceptors (Lipinski definition) is 3. The highest BCUT2D eigenvalue weighted by Crippen LogP contribution is 2.31. The van der Waals surface area contributed by atoms with Crippen LogP contribution < -0.4 is 6.15 Å². The standard InChI is InChI=1S/C13H18O2.H3N/c1-10(12(14)15-4)13(2,3)11-8-6-5-7-9-11;/h5-10H,1-4H3;1H3. The monoisotopic (exact) mass is 223 g/mol. The molecule has 1 unspecified atom stereocenters. The second-order valence-electron chi connectivity index (χ2n) is 4.33. The Morgan fingerprint density at radius 1 is 1.25 bits per heavy atom. The van der Waals surface area contributed by atoms with Gasteiger partial charge in [-0.3, -0.25) is 4.79 Å². The highest BCUT2D eigenvalue weighted by molar-refractivity contribution is 5.73. The number of methoxy groups -OCH3 is 1. The molecule has 0 aliphatic rings. The summed E-state index contributed by atoms with van der Waals surface area (Å²) in [6, 6.07) is 10.0. The van der Waals surface area contributed by atoms with Gasteiger partial charge in [-0.25, -0.2) is 0 Å². The van der Waals surface area contributed by atoms with Gasteiger partial charge in [0.05, 0.1) is 13.0 Å². The quantitative estimate of drug-likeness (QED) is 0.801. The van der Waals surface area contributed by atoms with Gasteiger partial charge in [-0.15, -0.1) is 0 Å². The molecular weight excluding hydrogens is 202 g/mol. The predicted octanol–water partition coefficient (Wildman–Crippen LogP) is 2.94. The van der Waals surface area contributed by atoms with E-state index in [0.29, 0.717) is 0 Å². The van der Waals surface area contributed by atoms with E-state index in [4.69, 9.17) is 4.74 Å². The van der Waals surface area contributed by atoms with Gasteiger partial charge < -0.3 is 10.9 Å². The number of rotatable bonds is 3. The van der Waals surface area contributed by atoms with E-state index in [0.717, 1.165) is 5.56 Å². The van der Waals surface area contributed by atoms with E-state index in [1.54, 1.807) is 0 Å². The largest absolute Gasteiger partial charge is 0.469 e. The van der Waals surface area contributed by atoms with Crippen LogP contribution in [0.1, 0.15) is 26.3 Å². The van der Waals surface area contributed by atoms with Crippen molar-refractivity contribution in [3.8, 4) is 0 Å². The van der Waals surface area contributed by atoms with Crippen LogP contribution in [0.25, 0.3) is 0 Å². The first-order valence-electron chi connectivity index (χ1n) is 5.13. The molecule has 0 aliphatic heterocycles.